The van der Waals surface area contributed by atoms with E-state index in [1.165, 1.54) is 6.34 Å². The van der Waals surface area contributed by atoms with Gasteiger partial charge in [-0.1, -0.05) is 0 Å². The Morgan fingerprint density at radius 1 is 1.59 bits per heavy atom. The van der Waals surface area contributed by atoms with Crippen molar-refractivity contribution in [3.05, 3.63) is 11.9 Å². The third-order valence-electron chi connectivity index (χ3n) is 3.00. The second-order valence-corrected chi connectivity index (χ2v) is 4.17. The Kier molecular flexibility index (Phi) is 3.53. The highest BCUT2D eigenvalue weighted by atomic mass is 15.3. The molecule has 0 bridgehead atoms. The molecule has 1 atom stereocenters. The summed E-state index contributed by atoms with van der Waals surface area (Å²) in [5.41, 5.74) is 6.28. The number of hydrogen-bond acceptors (Lipinski definition) is 5. The fourth-order valence-electron chi connectivity index (χ4n) is 2.08. The zero-order valence-electron chi connectivity index (χ0n) is 10.2. The quantitative estimate of drug-likeness (QED) is 0.564. The van der Waals surface area contributed by atoms with E-state index in [2.05, 4.69) is 32.1 Å². The van der Waals surface area contributed by atoms with Gasteiger partial charge >= 0.3 is 0 Å². The molecule has 17 heavy (non-hydrogen) atoms. The highest BCUT2D eigenvalue weighted by Gasteiger charge is 2.21. The first-order chi connectivity index (χ1) is 8.24. The minimum absolute atomic E-state index is 0.423. The van der Waals surface area contributed by atoms with Crippen LogP contribution >= 0.6 is 0 Å². The van der Waals surface area contributed by atoms with Crippen molar-refractivity contribution < 1.29 is 0 Å². The molecule has 6 heteroatoms. The topological polar surface area (TPSA) is 79.4 Å². The smallest absolute Gasteiger partial charge is 0.161 e. The fraction of sp³-hybridized carbons (Fsp3) is 0.545. The molecule has 1 saturated heterocycles. The summed E-state index contributed by atoms with van der Waals surface area (Å²) in [6, 6.07) is 0.423. The van der Waals surface area contributed by atoms with Gasteiger partial charge in [-0.25, -0.2) is 15.0 Å². The first-order valence-electron chi connectivity index (χ1n) is 5.77. The molecule has 3 N–H and O–H groups in total. The molecule has 0 spiro atoms. The van der Waals surface area contributed by atoms with Crippen LogP contribution in [0.1, 0.15) is 12.5 Å². The maximum absolute atomic E-state index is 5.31. The summed E-state index contributed by atoms with van der Waals surface area (Å²) in [6.45, 7) is 7.05. The van der Waals surface area contributed by atoms with Gasteiger partial charge in [0.15, 0.2) is 5.82 Å². The Morgan fingerprint density at radius 2 is 2.41 bits per heavy atom. The SMILES string of the molecule is Cc1c(/N=C\N)ncnc1N1CCNCC1C. The van der Waals surface area contributed by atoms with Crippen molar-refractivity contribution in [2.45, 2.75) is 19.9 Å². The molecular formula is C11H18N6. The van der Waals surface area contributed by atoms with E-state index < -0.39 is 0 Å². The van der Waals surface area contributed by atoms with Crippen LogP contribution in [-0.2, 0) is 0 Å². The van der Waals surface area contributed by atoms with E-state index in [1.54, 1.807) is 6.33 Å². The Bertz CT molecular complexity index is 416. The molecule has 0 aliphatic carbocycles. The predicted octanol–water partition coefficient (Wildman–Crippen LogP) is 0.202. The molecule has 0 saturated carbocycles. The number of aliphatic imine (C=N–C) groups is 1. The molecule has 1 aromatic rings. The van der Waals surface area contributed by atoms with Gasteiger partial charge in [-0.15, -0.1) is 0 Å². The van der Waals surface area contributed by atoms with E-state index in [4.69, 9.17) is 5.73 Å². The Labute approximate surface area is 101 Å². The lowest BCUT2D eigenvalue weighted by Crippen LogP contribution is -2.50. The lowest BCUT2D eigenvalue weighted by Gasteiger charge is -2.35. The number of nitrogens with zero attached hydrogens (tertiary/aromatic N) is 4. The van der Waals surface area contributed by atoms with Crippen LogP contribution in [0.5, 0.6) is 0 Å². The monoisotopic (exact) mass is 234 g/mol. The first-order valence-corrected chi connectivity index (χ1v) is 5.77. The standard InChI is InChI=1S/C11H18N6/c1-8-5-13-3-4-17(8)11-9(2)10(14-6-12)15-7-16-11/h6-8,13H,3-5H2,1-2H3,(H2,12,14,15,16). The molecule has 1 fully saturated rings. The minimum atomic E-state index is 0.423. The molecule has 92 valence electrons. The van der Waals surface area contributed by atoms with E-state index in [9.17, 15) is 0 Å². The van der Waals surface area contributed by atoms with Gasteiger partial charge < -0.3 is 16.0 Å². The van der Waals surface area contributed by atoms with E-state index in [0.717, 1.165) is 31.0 Å². The van der Waals surface area contributed by atoms with Crippen molar-refractivity contribution in [2.75, 3.05) is 24.5 Å². The number of piperazine rings is 1. The Hall–Kier alpha value is -1.69. The fourth-order valence-corrected chi connectivity index (χ4v) is 2.08. The number of nitrogens with two attached hydrogens (primary N) is 1. The molecule has 6 nitrogen and oxygen atoms in total. The summed E-state index contributed by atoms with van der Waals surface area (Å²) in [5, 5.41) is 3.36. The molecular weight excluding hydrogens is 216 g/mol. The van der Waals surface area contributed by atoms with Gasteiger partial charge in [0.2, 0.25) is 0 Å². The number of rotatable bonds is 2. The van der Waals surface area contributed by atoms with Gasteiger partial charge in [0, 0.05) is 31.2 Å². The van der Waals surface area contributed by atoms with Crippen molar-refractivity contribution in [1.29, 1.82) is 0 Å². The van der Waals surface area contributed by atoms with Crippen LogP contribution in [0.3, 0.4) is 0 Å². The van der Waals surface area contributed by atoms with E-state index in [-0.39, 0.29) is 0 Å². The van der Waals surface area contributed by atoms with Crippen LogP contribution in [-0.4, -0.2) is 42.0 Å². The van der Waals surface area contributed by atoms with Crippen LogP contribution < -0.4 is 16.0 Å². The number of aromatic nitrogens is 2. The van der Waals surface area contributed by atoms with Gasteiger partial charge in [-0.2, -0.15) is 0 Å². The Balaban J connectivity index is 2.34. The number of anilines is 1. The van der Waals surface area contributed by atoms with Crippen molar-refractivity contribution in [3.8, 4) is 0 Å². The highest BCUT2D eigenvalue weighted by Crippen LogP contribution is 2.25. The van der Waals surface area contributed by atoms with Crippen molar-refractivity contribution in [3.63, 3.8) is 0 Å². The average Bonchev–Trinajstić information content (AvgIpc) is 2.33. The summed E-state index contributed by atoms with van der Waals surface area (Å²) >= 11 is 0. The summed E-state index contributed by atoms with van der Waals surface area (Å²) in [5.74, 6) is 1.60. The molecule has 1 aliphatic rings. The van der Waals surface area contributed by atoms with Gasteiger partial charge in [0.05, 0.1) is 6.34 Å². The van der Waals surface area contributed by atoms with Gasteiger partial charge in [0.1, 0.15) is 12.1 Å². The molecule has 0 aromatic carbocycles. The van der Waals surface area contributed by atoms with Crippen molar-refractivity contribution in [2.24, 2.45) is 10.7 Å². The maximum Gasteiger partial charge on any atom is 0.161 e. The molecule has 0 amide bonds. The molecule has 0 radical (unpaired) electrons. The van der Waals surface area contributed by atoms with E-state index in [0.29, 0.717) is 11.9 Å². The predicted molar refractivity (Wildman–Crippen MR) is 68.8 cm³/mol. The Morgan fingerprint density at radius 3 is 3.12 bits per heavy atom. The van der Waals surface area contributed by atoms with Crippen LogP contribution in [0.4, 0.5) is 11.6 Å². The van der Waals surface area contributed by atoms with Crippen LogP contribution in [0.15, 0.2) is 11.3 Å². The van der Waals surface area contributed by atoms with Crippen LogP contribution in [0.25, 0.3) is 0 Å². The molecule has 1 aliphatic heterocycles. The van der Waals surface area contributed by atoms with Gasteiger partial charge in [-0.3, -0.25) is 0 Å². The van der Waals surface area contributed by atoms with Crippen LogP contribution in [0, 0.1) is 6.92 Å². The van der Waals surface area contributed by atoms with E-state index >= 15 is 0 Å². The molecule has 1 unspecified atom stereocenters. The third kappa shape index (κ3) is 2.36. The molecule has 2 rings (SSSR count). The van der Waals surface area contributed by atoms with Crippen LogP contribution in [0.2, 0.25) is 0 Å². The highest BCUT2D eigenvalue weighted by molar-refractivity contribution is 5.63. The van der Waals surface area contributed by atoms with Crippen molar-refractivity contribution >= 4 is 18.0 Å². The second kappa shape index (κ2) is 5.09. The number of hydrogen-bond donors (Lipinski definition) is 2. The molecule has 1 aromatic heterocycles. The summed E-state index contributed by atoms with van der Waals surface area (Å²) in [7, 11) is 0. The van der Waals surface area contributed by atoms with Crippen molar-refractivity contribution in [1.82, 2.24) is 15.3 Å². The van der Waals surface area contributed by atoms with Gasteiger partial charge in [-0.05, 0) is 13.8 Å². The average molecular weight is 234 g/mol. The minimum Gasteiger partial charge on any atom is -0.390 e. The second-order valence-electron chi connectivity index (χ2n) is 4.17. The number of nitrogens with one attached hydrogen (secondary N) is 1. The lowest BCUT2D eigenvalue weighted by molar-refractivity contribution is 0.496. The van der Waals surface area contributed by atoms with Gasteiger partial charge in [0.25, 0.3) is 0 Å². The normalized spacial score (nSPS) is 21.1. The lowest BCUT2D eigenvalue weighted by atomic mass is 10.2. The summed E-state index contributed by atoms with van der Waals surface area (Å²) in [4.78, 5) is 14.8. The largest absolute Gasteiger partial charge is 0.390 e. The summed E-state index contributed by atoms with van der Waals surface area (Å²) < 4.78 is 0. The maximum atomic E-state index is 5.31. The zero-order valence-corrected chi connectivity index (χ0v) is 10.2. The zero-order chi connectivity index (χ0) is 12.3. The van der Waals surface area contributed by atoms with E-state index in [1.807, 2.05) is 6.92 Å². The summed E-state index contributed by atoms with van der Waals surface area (Å²) in [6.07, 6.45) is 2.81. The molecule has 2 heterocycles. The third-order valence-corrected chi connectivity index (χ3v) is 3.00. The first kappa shape index (κ1) is 11.8.